The van der Waals surface area contributed by atoms with Crippen LogP contribution in [0.4, 0.5) is 0 Å². The van der Waals surface area contributed by atoms with Gasteiger partial charge in [-0.25, -0.2) is 14.6 Å². The third kappa shape index (κ3) is 4.91. The van der Waals surface area contributed by atoms with E-state index >= 15 is 0 Å². The molecule has 1 aromatic heterocycles. The smallest absolute Gasteiger partial charge is 0.357 e. The number of rotatable bonds is 3. The van der Waals surface area contributed by atoms with Crippen LogP contribution >= 0.6 is 0 Å². The van der Waals surface area contributed by atoms with Gasteiger partial charge in [0.25, 0.3) is 0 Å². The minimum absolute atomic E-state index is 0.157. The van der Waals surface area contributed by atoms with Crippen LogP contribution < -0.4 is 0 Å². The van der Waals surface area contributed by atoms with Gasteiger partial charge in [0.1, 0.15) is 5.60 Å². The highest BCUT2D eigenvalue weighted by Crippen LogP contribution is 2.11. The van der Waals surface area contributed by atoms with E-state index in [0.717, 1.165) is 0 Å². The predicted octanol–water partition coefficient (Wildman–Crippen LogP) is 2.22. The normalized spacial score (nSPS) is 11.4. The number of carbonyl (C=O) groups is 2. The van der Waals surface area contributed by atoms with Crippen molar-refractivity contribution in [2.45, 2.75) is 26.4 Å². The second-order valence-electron chi connectivity index (χ2n) is 4.80. The summed E-state index contributed by atoms with van der Waals surface area (Å²) in [6.45, 7) is 5.34. The molecule has 0 saturated heterocycles. The zero-order valence-electron chi connectivity index (χ0n) is 11.5. The molecule has 5 heteroatoms. The lowest BCUT2D eigenvalue weighted by Gasteiger charge is -2.17. The molecule has 0 aliphatic carbocycles. The van der Waals surface area contributed by atoms with Crippen LogP contribution in [0.2, 0.25) is 0 Å². The summed E-state index contributed by atoms with van der Waals surface area (Å²) in [5.41, 5.74) is 0.103. The Balaban J connectivity index is 2.88. The first-order valence-electron chi connectivity index (χ1n) is 5.78. The summed E-state index contributed by atoms with van der Waals surface area (Å²) in [5, 5.41) is 0. The van der Waals surface area contributed by atoms with E-state index in [4.69, 9.17) is 4.74 Å². The molecule has 19 heavy (non-hydrogen) atoms. The molecule has 0 unspecified atom stereocenters. The molecule has 0 amide bonds. The quantitative estimate of drug-likeness (QED) is 0.618. The summed E-state index contributed by atoms with van der Waals surface area (Å²) in [7, 11) is 1.28. The van der Waals surface area contributed by atoms with Crippen molar-refractivity contribution in [1.82, 2.24) is 4.98 Å². The zero-order valence-corrected chi connectivity index (χ0v) is 11.5. The minimum atomic E-state index is -0.554. The maximum atomic E-state index is 11.5. The van der Waals surface area contributed by atoms with Crippen molar-refractivity contribution in [3.05, 3.63) is 35.7 Å². The van der Waals surface area contributed by atoms with Gasteiger partial charge in [-0.3, -0.25) is 0 Å². The van der Waals surface area contributed by atoms with Crippen LogP contribution in [-0.2, 0) is 14.3 Å². The largest absolute Gasteiger partial charge is 0.464 e. The van der Waals surface area contributed by atoms with Crippen LogP contribution in [0.5, 0.6) is 0 Å². The number of ether oxygens (including phenoxy) is 2. The highest BCUT2D eigenvalue weighted by molar-refractivity contribution is 5.94. The number of pyridine rings is 1. The molecule has 1 rings (SSSR count). The van der Waals surface area contributed by atoms with Crippen LogP contribution in [0, 0.1) is 0 Å². The first kappa shape index (κ1) is 14.9. The Morgan fingerprint density at radius 3 is 2.58 bits per heavy atom. The fourth-order valence-electron chi connectivity index (χ4n) is 1.31. The van der Waals surface area contributed by atoms with E-state index in [1.165, 1.54) is 25.5 Å². The zero-order chi connectivity index (χ0) is 14.5. The Morgan fingerprint density at radius 1 is 1.32 bits per heavy atom. The lowest BCUT2D eigenvalue weighted by Crippen LogP contribution is -2.22. The van der Waals surface area contributed by atoms with Crippen molar-refractivity contribution in [2.24, 2.45) is 0 Å². The number of nitrogens with zero attached hydrogens (tertiary/aromatic N) is 1. The van der Waals surface area contributed by atoms with Gasteiger partial charge >= 0.3 is 11.9 Å². The molecular weight excluding hydrogens is 246 g/mol. The Hall–Kier alpha value is -2.17. The van der Waals surface area contributed by atoms with Gasteiger partial charge < -0.3 is 9.47 Å². The third-order valence-electron chi connectivity index (χ3n) is 2.02. The van der Waals surface area contributed by atoms with Gasteiger partial charge in [0, 0.05) is 17.8 Å². The number of aromatic nitrogens is 1. The van der Waals surface area contributed by atoms with E-state index < -0.39 is 17.5 Å². The molecule has 0 aliphatic rings. The Bertz CT molecular complexity index is 500. The molecule has 102 valence electrons. The summed E-state index contributed by atoms with van der Waals surface area (Å²) < 4.78 is 9.74. The first-order chi connectivity index (χ1) is 8.83. The summed E-state index contributed by atoms with van der Waals surface area (Å²) >= 11 is 0. The van der Waals surface area contributed by atoms with Crippen LogP contribution in [0.1, 0.15) is 36.8 Å². The van der Waals surface area contributed by atoms with E-state index in [0.29, 0.717) is 5.56 Å². The van der Waals surface area contributed by atoms with Gasteiger partial charge in [0.15, 0.2) is 5.69 Å². The number of esters is 2. The van der Waals surface area contributed by atoms with Gasteiger partial charge in [-0.15, -0.1) is 0 Å². The molecule has 1 heterocycles. The SMILES string of the molecule is COC(=O)c1ncccc1/C=C/C(=O)OC(C)(C)C. The maximum absolute atomic E-state index is 11.5. The van der Waals surface area contributed by atoms with Gasteiger partial charge in [-0.1, -0.05) is 6.07 Å². The fourth-order valence-corrected chi connectivity index (χ4v) is 1.31. The van der Waals surface area contributed by atoms with Gasteiger partial charge in [-0.05, 0) is 32.9 Å². The topological polar surface area (TPSA) is 65.5 Å². The Kier molecular flexibility index (Phi) is 4.80. The van der Waals surface area contributed by atoms with Gasteiger partial charge in [-0.2, -0.15) is 0 Å². The second kappa shape index (κ2) is 6.13. The van der Waals surface area contributed by atoms with E-state index in [2.05, 4.69) is 9.72 Å². The van der Waals surface area contributed by atoms with Gasteiger partial charge in [0.2, 0.25) is 0 Å². The van der Waals surface area contributed by atoms with E-state index in [9.17, 15) is 9.59 Å². The summed E-state index contributed by atoms with van der Waals surface area (Å²) in [6, 6.07) is 3.33. The molecule has 1 aromatic rings. The number of methoxy groups -OCH3 is 1. The van der Waals surface area contributed by atoms with Crippen molar-refractivity contribution in [1.29, 1.82) is 0 Å². The Morgan fingerprint density at radius 2 is 2.00 bits per heavy atom. The van der Waals surface area contributed by atoms with Crippen molar-refractivity contribution < 1.29 is 19.1 Å². The monoisotopic (exact) mass is 263 g/mol. The van der Waals surface area contributed by atoms with Gasteiger partial charge in [0.05, 0.1) is 7.11 Å². The number of carbonyl (C=O) groups excluding carboxylic acids is 2. The number of hydrogen-bond donors (Lipinski definition) is 0. The molecule has 0 bridgehead atoms. The van der Waals surface area contributed by atoms with Crippen LogP contribution in [-0.4, -0.2) is 29.6 Å². The first-order valence-corrected chi connectivity index (χ1v) is 5.78. The molecule has 0 fully saturated rings. The molecular formula is C14H17NO4. The fraction of sp³-hybridized carbons (Fsp3) is 0.357. The van der Waals surface area contributed by atoms with Crippen LogP contribution in [0.3, 0.4) is 0 Å². The average molecular weight is 263 g/mol. The Labute approximate surface area is 112 Å². The summed E-state index contributed by atoms with van der Waals surface area (Å²) in [5.74, 6) is -1.03. The molecule has 0 N–H and O–H groups in total. The van der Waals surface area contributed by atoms with Crippen molar-refractivity contribution >= 4 is 18.0 Å². The van der Waals surface area contributed by atoms with Crippen molar-refractivity contribution in [3.8, 4) is 0 Å². The van der Waals surface area contributed by atoms with E-state index in [-0.39, 0.29) is 5.69 Å². The van der Waals surface area contributed by atoms with Crippen molar-refractivity contribution in [3.63, 3.8) is 0 Å². The molecule has 0 aliphatic heterocycles. The predicted molar refractivity (Wildman–Crippen MR) is 70.5 cm³/mol. The lowest BCUT2D eigenvalue weighted by atomic mass is 10.1. The molecule has 0 atom stereocenters. The highest BCUT2D eigenvalue weighted by Gasteiger charge is 2.15. The van der Waals surface area contributed by atoms with E-state index in [1.807, 2.05) is 0 Å². The standard InChI is InChI=1S/C14H17NO4/c1-14(2,3)19-11(16)8-7-10-6-5-9-15-12(10)13(17)18-4/h5-9H,1-4H3/b8-7+. The summed E-state index contributed by atoms with van der Waals surface area (Å²) in [6.07, 6.45) is 4.22. The molecule has 0 saturated carbocycles. The molecule has 5 nitrogen and oxygen atoms in total. The summed E-state index contributed by atoms with van der Waals surface area (Å²) in [4.78, 5) is 26.9. The van der Waals surface area contributed by atoms with Crippen LogP contribution in [0.15, 0.2) is 24.4 Å². The highest BCUT2D eigenvalue weighted by atomic mass is 16.6. The second-order valence-corrected chi connectivity index (χ2v) is 4.80. The van der Waals surface area contributed by atoms with Crippen molar-refractivity contribution in [2.75, 3.05) is 7.11 Å². The lowest BCUT2D eigenvalue weighted by molar-refractivity contribution is -0.148. The molecule has 0 radical (unpaired) electrons. The third-order valence-corrected chi connectivity index (χ3v) is 2.02. The molecule has 0 aromatic carbocycles. The minimum Gasteiger partial charge on any atom is -0.464 e. The number of hydrogen-bond acceptors (Lipinski definition) is 5. The van der Waals surface area contributed by atoms with Crippen LogP contribution in [0.25, 0.3) is 6.08 Å². The van der Waals surface area contributed by atoms with E-state index in [1.54, 1.807) is 32.9 Å². The molecule has 0 spiro atoms. The average Bonchev–Trinajstić information content (AvgIpc) is 2.33. The maximum Gasteiger partial charge on any atom is 0.357 e.